The summed E-state index contributed by atoms with van der Waals surface area (Å²) in [4.78, 5) is 0. The molecule has 15 heavy (non-hydrogen) atoms. The Morgan fingerprint density at radius 2 is 1.93 bits per heavy atom. The quantitative estimate of drug-likeness (QED) is 0.881. The van der Waals surface area contributed by atoms with E-state index in [1.54, 1.807) is 0 Å². The minimum Gasteiger partial charge on any atom is -0.314 e. The molecule has 0 aromatic heterocycles. The zero-order valence-corrected chi connectivity index (χ0v) is 10.3. The second kappa shape index (κ2) is 3.91. The van der Waals surface area contributed by atoms with Gasteiger partial charge in [-0.2, -0.15) is 0 Å². The Morgan fingerprint density at radius 1 is 1.20 bits per heavy atom. The molecule has 3 rings (SSSR count). The average molecular weight is 266 g/mol. The van der Waals surface area contributed by atoms with Gasteiger partial charge in [-0.25, -0.2) is 0 Å². The third-order valence-electron chi connectivity index (χ3n) is 3.47. The Labute approximate surface area is 99.4 Å². The largest absolute Gasteiger partial charge is 0.314 e. The molecule has 2 fully saturated rings. The lowest BCUT2D eigenvalue weighted by Crippen LogP contribution is -2.19. The molecule has 1 aromatic carbocycles. The summed E-state index contributed by atoms with van der Waals surface area (Å²) in [5.74, 6) is 1.72. The van der Waals surface area contributed by atoms with Gasteiger partial charge in [0.1, 0.15) is 0 Å². The lowest BCUT2D eigenvalue weighted by molar-refractivity contribution is 0.624. The monoisotopic (exact) mass is 265 g/mol. The van der Waals surface area contributed by atoms with Gasteiger partial charge in [0.15, 0.2) is 0 Å². The van der Waals surface area contributed by atoms with E-state index in [1.807, 2.05) is 0 Å². The van der Waals surface area contributed by atoms with Crippen LogP contribution in [0, 0.1) is 5.92 Å². The van der Waals surface area contributed by atoms with Gasteiger partial charge in [0.25, 0.3) is 0 Å². The van der Waals surface area contributed by atoms with Crippen molar-refractivity contribution in [3.8, 4) is 0 Å². The van der Waals surface area contributed by atoms with Gasteiger partial charge >= 0.3 is 0 Å². The number of hydrogen-bond acceptors (Lipinski definition) is 1. The van der Waals surface area contributed by atoms with E-state index in [-0.39, 0.29) is 0 Å². The smallest absolute Gasteiger partial charge is 0.0175 e. The van der Waals surface area contributed by atoms with E-state index in [4.69, 9.17) is 0 Å². The maximum Gasteiger partial charge on any atom is 0.0175 e. The van der Waals surface area contributed by atoms with Gasteiger partial charge in [0, 0.05) is 10.5 Å². The predicted octanol–water partition coefficient (Wildman–Crippen LogP) is 3.30. The molecule has 80 valence electrons. The SMILES string of the molecule is Brc1ccc(C2CC2CNC2CC2)cc1. The van der Waals surface area contributed by atoms with Crippen molar-refractivity contribution in [3.05, 3.63) is 34.3 Å². The van der Waals surface area contributed by atoms with Crippen LogP contribution in [0.1, 0.15) is 30.7 Å². The van der Waals surface area contributed by atoms with Crippen molar-refractivity contribution in [2.24, 2.45) is 5.92 Å². The fourth-order valence-corrected chi connectivity index (χ4v) is 2.46. The predicted molar refractivity (Wildman–Crippen MR) is 66.0 cm³/mol. The van der Waals surface area contributed by atoms with Crippen LogP contribution < -0.4 is 5.32 Å². The fourth-order valence-electron chi connectivity index (χ4n) is 2.20. The van der Waals surface area contributed by atoms with Crippen LogP contribution in [0.2, 0.25) is 0 Å². The van der Waals surface area contributed by atoms with Gasteiger partial charge in [-0.15, -0.1) is 0 Å². The maximum atomic E-state index is 3.62. The summed E-state index contributed by atoms with van der Waals surface area (Å²) >= 11 is 3.48. The van der Waals surface area contributed by atoms with Crippen LogP contribution in [0.5, 0.6) is 0 Å². The summed E-state index contributed by atoms with van der Waals surface area (Å²) in [6.45, 7) is 1.23. The van der Waals surface area contributed by atoms with E-state index in [0.717, 1.165) is 17.9 Å². The highest BCUT2D eigenvalue weighted by atomic mass is 79.9. The van der Waals surface area contributed by atoms with Crippen molar-refractivity contribution in [2.45, 2.75) is 31.2 Å². The summed E-state index contributed by atoms with van der Waals surface area (Å²) in [5.41, 5.74) is 1.51. The molecule has 1 nitrogen and oxygen atoms in total. The molecule has 2 heteroatoms. The van der Waals surface area contributed by atoms with Crippen molar-refractivity contribution < 1.29 is 0 Å². The van der Waals surface area contributed by atoms with Gasteiger partial charge in [-0.3, -0.25) is 0 Å². The summed E-state index contributed by atoms with van der Waals surface area (Å²) in [5, 5.41) is 3.62. The normalized spacial score (nSPS) is 29.1. The molecule has 0 amide bonds. The molecule has 0 aliphatic heterocycles. The molecular formula is C13H16BrN. The molecule has 0 radical (unpaired) electrons. The van der Waals surface area contributed by atoms with Crippen molar-refractivity contribution in [2.75, 3.05) is 6.54 Å². The molecule has 2 aliphatic carbocycles. The number of halogens is 1. The number of hydrogen-bond donors (Lipinski definition) is 1. The fraction of sp³-hybridized carbons (Fsp3) is 0.538. The highest BCUT2D eigenvalue weighted by molar-refractivity contribution is 9.10. The van der Waals surface area contributed by atoms with E-state index in [2.05, 4.69) is 45.5 Å². The highest BCUT2D eigenvalue weighted by Crippen LogP contribution is 2.47. The van der Waals surface area contributed by atoms with E-state index >= 15 is 0 Å². The first-order chi connectivity index (χ1) is 7.33. The number of benzene rings is 1. The third-order valence-corrected chi connectivity index (χ3v) is 4.00. The van der Waals surface area contributed by atoms with E-state index in [0.29, 0.717) is 0 Å². The van der Waals surface area contributed by atoms with Crippen LogP contribution in [0.3, 0.4) is 0 Å². The van der Waals surface area contributed by atoms with Crippen molar-refractivity contribution in [1.29, 1.82) is 0 Å². The van der Waals surface area contributed by atoms with E-state index in [1.165, 1.54) is 35.8 Å². The molecular weight excluding hydrogens is 250 g/mol. The van der Waals surface area contributed by atoms with Crippen molar-refractivity contribution in [3.63, 3.8) is 0 Å². The lowest BCUT2D eigenvalue weighted by atomic mass is 10.1. The zero-order valence-electron chi connectivity index (χ0n) is 8.75. The number of nitrogens with one attached hydrogen (secondary N) is 1. The summed E-state index contributed by atoms with van der Waals surface area (Å²) in [6, 6.07) is 9.67. The Hall–Kier alpha value is -0.340. The maximum absolute atomic E-state index is 3.62. The van der Waals surface area contributed by atoms with E-state index < -0.39 is 0 Å². The van der Waals surface area contributed by atoms with Crippen LogP contribution in [-0.4, -0.2) is 12.6 Å². The second-order valence-corrected chi connectivity index (χ2v) is 5.75. The Kier molecular flexibility index (Phi) is 2.57. The first-order valence-corrected chi connectivity index (χ1v) is 6.61. The summed E-state index contributed by atoms with van der Waals surface area (Å²) in [7, 11) is 0. The Balaban J connectivity index is 1.54. The lowest BCUT2D eigenvalue weighted by Gasteiger charge is -2.02. The van der Waals surface area contributed by atoms with Crippen molar-refractivity contribution in [1.82, 2.24) is 5.32 Å². The van der Waals surface area contributed by atoms with Gasteiger partial charge in [-0.05, 0) is 55.3 Å². The number of rotatable bonds is 4. The highest BCUT2D eigenvalue weighted by Gasteiger charge is 2.38. The molecule has 1 N–H and O–H groups in total. The van der Waals surface area contributed by atoms with Gasteiger partial charge in [0.05, 0.1) is 0 Å². The topological polar surface area (TPSA) is 12.0 Å². The summed E-state index contributed by atoms with van der Waals surface area (Å²) < 4.78 is 1.18. The molecule has 2 aliphatic rings. The molecule has 0 saturated heterocycles. The van der Waals surface area contributed by atoms with Crippen LogP contribution >= 0.6 is 15.9 Å². The van der Waals surface area contributed by atoms with Crippen LogP contribution in [-0.2, 0) is 0 Å². The second-order valence-electron chi connectivity index (χ2n) is 4.84. The molecule has 0 spiro atoms. The van der Waals surface area contributed by atoms with Crippen LogP contribution in [0.4, 0.5) is 0 Å². The molecule has 2 unspecified atom stereocenters. The third kappa shape index (κ3) is 2.43. The average Bonchev–Trinajstić information content (AvgIpc) is 3.12. The molecule has 2 saturated carbocycles. The van der Waals surface area contributed by atoms with Crippen molar-refractivity contribution >= 4 is 15.9 Å². The molecule has 0 bridgehead atoms. The van der Waals surface area contributed by atoms with Gasteiger partial charge in [-0.1, -0.05) is 28.1 Å². The molecule has 2 atom stereocenters. The Morgan fingerprint density at radius 3 is 2.60 bits per heavy atom. The first-order valence-electron chi connectivity index (χ1n) is 5.82. The minimum absolute atomic E-state index is 0.823. The zero-order chi connectivity index (χ0) is 10.3. The minimum atomic E-state index is 0.823. The van der Waals surface area contributed by atoms with E-state index in [9.17, 15) is 0 Å². The Bertz CT molecular complexity index is 342. The molecule has 1 aromatic rings. The van der Waals surface area contributed by atoms with Gasteiger partial charge in [0.2, 0.25) is 0 Å². The first kappa shape index (κ1) is 9.86. The summed E-state index contributed by atoms with van der Waals surface area (Å²) in [6.07, 6.45) is 4.17. The standard InChI is InChI=1S/C13H16BrN/c14-11-3-1-9(2-4-11)13-7-10(13)8-15-12-5-6-12/h1-4,10,12-13,15H,5-8H2. The van der Waals surface area contributed by atoms with Gasteiger partial charge < -0.3 is 5.32 Å². The van der Waals surface area contributed by atoms with Crippen LogP contribution in [0.25, 0.3) is 0 Å². The molecule has 0 heterocycles. The van der Waals surface area contributed by atoms with Crippen LogP contribution in [0.15, 0.2) is 28.7 Å².